The van der Waals surface area contributed by atoms with Crippen LogP contribution in [0, 0.1) is 13.8 Å². The summed E-state index contributed by atoms with van der Waals surface area (Å²) in [6.45, 7) is 12.2. The predicted octanol–water partition coefficient (Wildman–Crippen LogP) is 3.15. The first-order valence-electron chi connectivity index (χ1n) is 8.45. The van der Waals surface area contributed by atoms with E-state index in [1.807, 2.05) is 0 Å². The highest BCUT2D eigenvalue weighted by Crippen LogP contribution is 2.13. The van der Waals surface area contributed by atoms with Gasteiger partial charge in [0.15, 0.2) is 5.96 Å². The second kappa shape index (κ2) is 10.2. The third kappa shape index (κ3) is 7.36. The number of guanidine groups is 1. The molecule has 1 saturated heterocycles. The average Bonchev–Trinajstić information content (AvgIpc) is 2.41. The molecule has 2 unspecified atom stereocenters. The Morgan fingerprint density at radius 2 is 1.79 bits per heavy atom. The van der Waals surface area contributed by atoms with E-state index in [0.717, 1.165) is 38.3 Å². The normalized spacial score (nSPS) is 22.1. The largest absolute Gasteiger partial charge is 0.373 e. The smallest absolute Gasteiger partial charge is 0.193 e. The molecule has 0 spiro atoms. The van der Waals surface area contributed by atoms with Crippen LogP contribution < -0.4 is 11.1 Å². The number of nitrogens with two attached hydrogens (primary N) is 1. The molecule has 3 N–H and O–H groups in total. The summed E-state index contributed by atoms with van der Waals surface area (Å²) in [4.78, 5) is 6.87. The lowest BCUT2D eigenvalue weighted by Crippen LogP contribution is -2.45. The van der Waals surface area contributed by atoms with E-state index in [0.29, 0.717) is 18.2 Å². The Labute approximate surface area is 163 Å². The molecule has 1 heterocycles. The van der Waals surface area contributed by atoms with Crippen molar-refractivity contribution in [2.45, 2.75) is 46.3 Å². The van der Waals surface area contributed by atoms with Gasteiger partial charge in [-0.3, -0.25) is 9.89 Å². The van der Waals surface area contributed by atoms with E-state index in [2.05, 4.69) is 61.1 Å². The maximum atomic E-state index is 5.97. The van der Waals surface area contributed by atoms with E-state index in [1.165, 1.54) is 11.1 Å². The number of ether oxygens (including phenoxy) is 1. The third-order valence-corrected chi connectivity index (χ3v) is 3.90. The maximum absolute atomic E-state index is 5.97. The fourth-order valence-electron chi connectivity index (χ4n) is 3.20. The van der Waals surface area contributed by atoms with Gasteiger partial charge in [0, 0.05) is 31.9 Å². The molecule has 1 aliphatic heterocycles. The summed E-state index contributed by atoms with van der Waals surface area (Å²) in [6, 6.07) is 6.29. The molecule has 1 fully saturated rings. The van der Waals surface area contributed by atoms with Gasteiger partial charge in [-0.2, -0.15) is 0 Å². The van der Waals surface area contributed by atoms with Crippen LogP contribution in [0.2, 0.25) is 0 Å². The summed E-state index contributed by atoms with van der Waals surface area (Å²) in [5.41, 5.74) is 9.41. The van der Waals surface area contributed by atoms with Crippen molar-refractivity contribution in [1.29, 1.82) is 0 Å². The molecule has 1 aromatic carbocycles. The van der Waals surface area contributed by atoms with Crippen molar-refractivity contribution < 1.29 is 4.74 Å². The average molecular weight is 446 g/mol. The van der Waals surface area contributed by atoms with Gasteiger partial charge in [-0.05, 0) is 57.4 Å². The SMILES string of the molecule is Cc1cc(C)cc(NC(N)=NCCCN2CC(C)OC(C)C2)c1.I. The number of rotatable bonds is 5. The summed E-state index contributed by atoms with van der Waals surface area (Å²) >= 11 is 0. The van der Waals surface area contributed by atoms with Crippen molar-refractivity contribution in [3.8, 4) is 0 Å². The molecule has 136 valence electrons. The van der Waals surface area contributed by atoms with Crippen molar-refractivity contribution >= 4 is 35.6 Å². The predicted molar refractivity (Wildman–Crippen MR) is 113 cm³/mol. The van der Waals surface area contributed by atoms with Crippen molar-refractivity contribution in [3.05, 3.63) is 29.3 Å². The Morgan fingerprint density at radius 1 is 1.21 bits per heavy atom. The summed E-state index contributed by atoms with van der Waals surface area (Å²) in [6.07, 6.45) is 1.64. The zero-order chi connectivity index (χ0) is 16.8. The Bertz CT molecular complexity index is 520. The minimum atomic E-state index is 0. The van der Waals surface area contributed by atoms with Crippen LogP contribution in [0.1, 0.15) is 31.4 Å². The van der Waals surface area contributed by atoms with E-state index in [9.17, 15) is 0 Å². The molecular formula is C18H31IN4O. The summed E-state index contributed by atoms with van der Waals surface area (Å²) in [7, 11) is 0. The highest BCUT2D eigenvalue weighted by Gasteiger charge is 2.21. The van der Waals surface area contributed by atoms with Crippen molar-refractivity contribution in [1.82, 2.24) is 4.90 Å². The molecule has 1 aliphatic rings. The molecule has 0 saturated carbocycles. The molecule has 0 amide bonds. The lowest BCUT2D eigenvalue weighted by Gasteiger charge is -2.35. The van der Waals surface area contributed by atoms with Gasteiger partial charge < -0.3 is 15.8 Å². The molecule has 0 radical (unpaired) electrons. The Balaban J connectivity index is 0.00000288. The summed E-state index contributed by atoms with van der Waals surface area (Å²) in [5, 5.41) is 3.17. The molecule has 0 bridgehead atoms. The highest BCUT2D eigenvalue weighted by atomic mass is 127. The first kappa shape index (κ1) is 21.2. The van der Waals surface area contributed by atoms with Crippen LogP contribution >= 0.6 is 24.0 Å². The fourth-order valence-corrected chi connectivity index (χ4v) is 3.20. The van der Waals surface area contributed by atoms with Gasteiger partial charge in [0.1, 0.15) is 0 Å². The lowest BCUT2D eigenvalue weighted by molar-refractivity contribution is -0.0679. The van der Waals surface area contributed by atoms with E-state index >= 15 is 0 Å². The molecule has 5 nitrogen and oxygen atoms in total. The zero-order valence-electron chi connectivity index (χ0n) is 15.2. The number of anilines is 1. The second-order valence-corrected chi connectivity index (χ2v) is 6.64. The lowest BCUT2D eigenvalue weighted by atomic mass is 10.1. The maximum Gasteiger partial charge on any atom is 0.193 e. The van der Waals surface area contributed by atoms with Crippen LogP contribution in [-0.4, -0.2) is 49.2 Å². The minimum Gasteiger partial charge on any atom is -0.373 e. The van der Waals surface area contributed by atoms with Gasteiger partial charge in [-0.15, -0.1) is 24.0 Å². The number of morpholine rings is 1. The molecular weight excluding hydrogens is 415 g/mol. The molecule has 0 aliphatic carbocycles. The molecule has 0 aromatic heterocycles. The van der Waals surface area contributed by atoms with Crippen LogP contribution in [-0.2, 0) is 4.74 Å². The topological polar surface area (TPSA) is 62.9 Å². The number of nitrogens with one attached hydrogen (secondary N) is 1. The van der Waals surface area contributed by atoms with Gasteiger partial charge >= 0.3 is 0 Å². The van der Waals surface area contributed by atoms with Gasteiger partial charge in [0.05, 0.1) is 12.2 Å². The minimum absolute atomic E-state index is 0. The number of benzene rings is 1. The number of aliphatic imine (C=N–C) groups is 1. The van der Waals surface area contributed by atoms with Crippen molar-refractivity contribution in [2.24, 2.45) is 10.7 Å². The number of hydrogen-bond acceptors (Lipinski definition) is 3. The summed E-state index contributed by atoms with van der Waals surface area (Å²) < 4.78 is 5.75. The first-order chi connectivity index (χ1) is 10.9. The zero-order valence-corrected chi connectivity index (χ0v) is 17.5. The van der Waals surface area contributed by atoms with Crippen LogP contribution in [0.25, 0.3) is 0 Å². The quantitative estimate of drug-likeness (QED) is 0.316. The van der Waals surface area contributed by atoms with Crippen molar-refractivity contribution in [2.75, 3.05) is 31.5 Å². The van der Waals surface area contributed by atoms with Gasteiger partial charge in [-0.25, -0.2) is 0 Å². The van der Waals surface area contributed by atoms with E-state index in [-0.39, 0.29) is 24.0 Å². The van der Waals surface area contributed by atoms with Crippen LogP contribution in [0.15, 0.2) is 23.2 Å². The second-order valence-electron chi connectivity index (χ2n) is 6.64. The molecule has 6 heteroatoms. The monoisotopic (exact) mass is 446 g/mol. The van der Waals surface area contributed by atoms with Crippen LogP contribution in [0.3, 0.4) is 0 Å². The fraction of sp³-hybridized carbons (Fsp3) is 0.611. The third-order valence-electron chi connectivity index (χ3n) is 3.90. The van der Waals surface area contributed by atoms with E-state index in [1.54, 1.807) is 0 Å². The number of nitrogens with zero attached hydrogens (tertiary/aromatic N) is 2. The van der Waals surface area contributed by atoms with Gasteiger partial charge in [0.25, 0.3) is 0 Å². The van der Waals surface area contributed by atoms with Gasteiger partial charge in [-0.1, -0.05) is 6.07 Å². The highest BCUT2D eigenvalue weighted by molar-refractivity contribution is 14.0. The van der Waals surface area contributed by atoms with Crippen molar-refractivity contribution in [3.63, 3.8) is 0 Å². The molecule has 24 heavy (non-hydrogen) atoms. The van der Waals surface area contributed by atoms with Crippen LogP contribution in [0.5, 0.6) is 0 Å². The molecule has 2 atom stereocenters. The number of hydrogen-bond donors (Lipinski definition) is 2. The first-order valence-corrected chi connectivity index (χ1v) is 8.45. The Morgan fingerprint density at radius 3 is 2.38 bits per heavy atom. The standard InChI is InChI=1S/C18H30N4O.HI/c1-13-8-14(2)10-17(9-13)21-18(19)20-6-5-7-22-11-15(3)23-16(4)12-22;/h8-10,15-16H,5-7,11-12H2,1-4H3,(H3,19,20,21);1H. The summed E-state index contributed by atoms with van der Waals surface area (Å²) in [5.74, 6) is 0.485. The molecule has 1 aromatic rings. The Hall–Kier alpha value is -0.860. The Kier molecular flexibility index (Phi) is 9.01. The van der Waals surface area contributed by atoms with Gasteiger partial charge in [0.2, 0.25) is 0 Å². The molecule has 2 rings (SSSR count). The van der Waals surface area contributed by atoms with E-state index in [4.69, 9.17) is 10.5 Å². The van der Waals surface area contributed by atoms with E-state index < -0.39 is 0 Å². The van der Waals surface area contributed by atoms with Crippen LogP contribution in [0.4, 0.5) is 5.69 Å². The number of aryl methyl sites for hydroxylation is 2. The number of halogens is 1.